The van der Waals surface area contributed by atoms with E-state index in [4.69, 9.17) is 4.52 Å². The Kier molecular flexibility index (Phi) is 3.66. The predicted molar refractivity (Wildman–Crippen MR) is 73.8 cm³/mol. The van der Waals surface area contributed by atoms with Gasteiger partial charge in [-0.2, -0.15) is 4.98 Å². The van der Waals surface area contributed by atoms with Gasteiger partial charge in [-0.05, 0) is 37.0 Å². The van der Waals surface area contributed by atoms with E-state index in [1.165, 1.54) is 0 Å². The second-order valence-corrected chi connectivity index (χ2v) is 5.87. The lowest BCUT2D eigenvalue weighted by atomic mass is 10.1. The van der Waals surface area contributed by atoms with Gasteiger partial charge in [0.05, 0.1) is 12.0 Å². The molecule has 1 aliphatic rings. The first kappa shape index (κ1) is 12.8. The SMILES string of the molecule is OC1CCCC1c1nc(Cc2ccc(Br)cc2)no1. The van der Waals surface area contributed by atoms with Gasteiger partial charge in [0, 0.05) is 10.9 Å². The zero-order valence-corrected chi connectivity index (χ0v) is 12.0. The Morgan fingerprint density at radius 1 is 1.26 bits per heavy atom. The van der Waals surface area contributed by atoms with E-state index in [1.54, 1.807) is 0 Å². The molecule has 1 fully saturated rings. The van der Waals surface area contributed by atoms with Crippen LogP contribution in [0.3, 0.4) is 0 Å². The molecule has 2 unspecified atom stereocenters. The minimum absolute atomic E-state index is 0.0196. The van der Waals surface area contributed by atoms with Crippen LogP contribution in [0.25, 0.3) is 0 Å². The van der Waals surface area contributed by atoms with Crippen LogP contribution in [0.2, 0.25) is 0 Å². The fourth-order valence-corrected chi connectivity index (χ4v) is 2.77. The van der Waals surface area contributed by atoms with Crippen molar-refractivity contribution in [2.45, 2.75) is 37.7 Å². The van der Waals surface area contributed by atoms with Crippen LogP contribution in [0.1, 0.15) is 42.5 Å². The second kappa shape index (κ2) is 5.43. The molecule has 4 nitrogen and oxygen atoms in total. The third kappa shape index (κ3) is 2.87. The summed E-state index contributed by atoms with van der Waals surface area (Å²) in [6.45, 7) is 0. The Labute approximate surface area is 120 Å². The molecule has 0 amide bonds. The highest BCUT2D eigenvalue weighted by Crippen LogP contribution is 2.33. The van der Waals surface area contributed by atoms with Gasteiger partial charge in [0.15, 0.2) is 5.82 Å². The molecule has 1 N–H and O–H groups in total. The first-order chi connectivity index (χ1) is 9.22. The predicted octanol–water partition coefficient (Wildman–Crippen LogP) is 3.05. The molecule has 100 valence electrons. The lowest BCUT2D eigenvalue weighted by molar-refractivity contribution is 0.148. The van der Waals surface area contributed by atoms with Crippen LogP contribution in [0.4, 0.5) is 0 Å². The zero-order valence-electron chi connectivity index (χ0n) is 10.4. The lowest BCUT2D eigenvalue weighted by Crippen LogP contribution is -2.11. The summed E-state index contributed by atoms with van der Waals surface area (Å²) in [4.78, 5) is 4.41. The molecule has 3 rings (SSSR count). The Hall–Kier alpha value is -1.20. The summed E-state index contributed by atoms with van der Waals surface area (Å²) in [5.41, 5.74) is 1.14. The molecule has 19 heavy (non-hydrogen) atoms. The molecule has 2 aromatic rings. The minimum atomic E-state index is -0.332. The number of aliphatic hydroxyl groups is 1. The molecule has 1 aromatic heterocycles. The number of benzene rings is 1. The van der Waals surface area contributed by atoms with Crippen molar-refractivity contribution in [3.8, 4) is 0 Å². The number of hydrogen-bond donors (Lipinski definition) is 1. The molecule has 0 radical (unpaired) electrons. The molecule has 0 bridgehead atoms. The number of aromatic nitrogens is 2. The van der Waals surface area contributed by atoms with Crippen LogP contribution in [0, 0.1) is 0 Å². The Morgan fingerprint density at radius 2 is 2.05 bits per heavy atom. The van der Waals surface area contributed by atoms with Crippen LogP contribution < -0.4 is 0 Å². The highest BCUT2D eigenvalue weighted by atomic mass is 79.9. The minimum Gasteiger partial charge on any atom is -0.392 e. The smallest absolute Gasteiger partial charge is 0.232 e. The summed E-state index contributed by atoms with van der Waals surface area (Å²) >= 11 is 3.41. The van der Waals surface area contributed by atoms with Gasteiger partial charge in [-0.3, -0.25) is 0 Å². The lowest BCUT2D eigenvalue weighted by Gasteiger charge is -2.07. The first-order valence-electron chi connectivity index (χ1n) is 6.47. The molecule has 1 aromatic carbocycles. The Morgan fingerprint density at radius 3 is 2.74 bits per heavy atom. The molecule has 0 saturated heterocycles. The van der Waals surface area contributed by atoms with E-state index >= 15 is 0 Å². The third-order valence-electron chi connectivity index (χ3n) is 3.56. The van der Waals surface area contributed by atoms with E-state index in [0.717, 1.165) is 29.3 Å². The summed E-state index contributed by atoms with van der Waals surface area (Å²) in [5.74, 6) is 1.28. The molecule has 0 spiro atoms. The van der Waals surface area contributed by atoms with E-state index in [9.17, 15) is 5.11 Å². The molecule has 1 heterocycles. The summed E-state index contributed by atoms with van der Waals surface area (Å²) in [5, 5.41) is 13.8. The van der Waals surface area contributed by atoms with Crippen LogP contribution in [0.5, 0.6) is 0 Å². The van der Waals surface area contributed by atoms with Crippen molar-refractivity contribution in [2.75, 3.05) is 0 Å². The van der Waals surface area contributed by atoms with Crippen molar-refractivity contribution in [1.82, 2.24) is 10.1 Å². The van der Waals surface area contributed by atoms with Gasteiger partial charge in [-0.15, -0.1) is 0 Å². The quantitative estimate of drug-likeness (QED) is 0.943. The number of aliphatic hydroxyl groups excluding tert-OH is 1. The van der Waals surface area contributed by atoms with E-state index in [2.05, 4.69) is 26.1 Å². The monoisotopic (exact) mass is 322 g/mol. The molecular weight excluding hydrogens is 308 g/mol. The van der Waals surface area contributed by atoms with Gasteiger partial charge < -0.3 is 9.63 Å². The van der Waals surface area contributed by atoms with Gasteiger partial charge in [0.2, 0.25) is 5.89 Å². The third-order valence-corrected chi connectivity index (χ3v) is 4.08. The molecule has 5 heteroatoms. The number of hydrogen-bond acceptors (Lipinski definition) is 4. The number of rotatable bonds is 3. The fourth-order valence-electron chi connectivity index (χ4n) is 2.50. The van der Waals surface area contributed by atoms with E-state index < -0.39 is 0 Å². The van der Waals surface area contributed by atoms with Crippen molar-refractivity contribution < 1.29 is 9.63 Å². The summed E-state index contributed by atoms with van der Waals surface area (Å²) in [6, 6.07) is 8.06. The molecular formula is C14H15BrN2O2. The van der Waals surface area contributed by atoms with Gasteiger partial charge >= 0.3 is 0 Å². The van der Waals surface area contributed by atoms with Crippen LogP contribution in [-0.4, -0.2) is 21.4 Å². The van der Waals surface area contributed by atoms with Gasteiger partial charge in [-0.1, -0.05) is 33.2 Å². The van der Waals surface area contributed by atoms with Crippen molar-refractivity contribution in [3.63, 3.8) is 0 Å². The van der Waals surface area contributed by atoms with Crippen molar-refractivity contribution >= 4 is 15.9 Å². The van der Waals surface area contributed by atoms with E-state index in [1.807, 2.05) is 24.3 Å². The van der Waals surface area contributed by atoms with Crippen LogP contribution >= 0.6 is 15.9 Å². The van der Waals surface area contributed by atoms with E-state index in [0.29, 0.717) is 18.1 Å². The highest BCUT2D eigenvalue weighted by molar-refractivity contribution is 9.10. The molecule has 0 aliphatic heterocycles. The van der Waals surface area contributed by atoms with Crippen LogP contribution in [0.15, 0.2) is 33.3 Å². The summed E-state index contributed by atoms with van der Waals surface area (Å²) in [6.07, 6.45) is 3.10. The highest BCUT2D eigenvalue weighted by Gasteiger charge is 2.31. The summed E-state index contributed by atoms with van der Waals surface area (Å²) in [7, 11) is 0. The maximum atomic E-state index is 9.84. The van der Waals surface area contributed by atoms with Crippen molar-refractivity contribution in [2.24, 2.45) is 0 Å². The molecule has 2 atom stereocenters. The van der Waals surface area contributed by atoms with Gasteiger partial charge in [-0.25, -0.2) is 0 Å². The fraction of sp³-hybridized carbons (Fsp3) is 0.429. The number of halogens is 1. The van der Waals surface area contributed by atoms with Crippen molar-refractivity contribution in [3.05, 3.63) is 46.0 Å². The van der Waals surface area contributed by atoms with Gasteiger partial charge in [0.25, 0.3) is 0 Å². The first-order valence-corrected chi connectivity index (χ1v) is 7.26. The second-order valence-electron chi connectivity index (χ2n) is 4.96. The maximum absolute atomic E-state index is 9.84. The number of nitrogens with zero attached hydrogens (tertiary/aromatic N) is 2. The largest absolute Gasteiger partial charge is 0.392 e. The van der Waals surface area contributed by atoms with Gasteiger partial charge in [0.1, 0.15) is 0 Å². The van der Waals surface area contributed by atoms with Crippen molar-refractivity contribution in [1.29, 1.82) is 0 Å². The zero-order chi connectivity index (χ0) is 13.2. The maximum Gasteiger partial charge on any atom is 0.232 e. The topological polar surface area (TPSA) is 59.2 Å². The Bertz CT molecular complexity index is 553. The normalized spacial score (nSPS) is 22.8. The summed E-state index contributed by atoms with van der Waals surface area (Å²) < 4.78 is 6.34. The van der Waals surface area contributed by atoms with E-state index in [-0.39, 0.29) is 12.0 Å². The average Bonchev–Trinajstić information content (AvgIpc) is 3.01. The standard InChI is InChI=1S/C14H15BrN2O2/c15-10-6-4-9(5-7-10)8-13-16-14(19-17-13)11-2-1-3-12(11)18/h4-7,11-12,18H,1-3,8H2. The molecule has 1 saturated carbocycles. The molecule has 1 aliphatic carbocycles. The van der Waals surface area contributed by atoms with Crippen LogP contribution in [-0.2, 0) is 6.42 Å². The Balaban J connectivity index is 1.72. The average molecular weight is 323 g/mol.